The molecule has 13 heteroatoms. The van der Waals surface area contributed by atoms with E-state index in [-0.39, 0.29) is 47.2 Å². The highest BCUT2D eigenvalue weighted by Crippen LogP contribution is 2.33. The Labute approximate surface area is 293 Å². The summed E-state index contributed by atoms with van der Waals surface area (Å²) in [5.74, 6) is 0.531. The molecule has 2 fully saturated rings. The zero-order chi connectivity index (χ0) is 36.6. The lowest BCUT2D eigenvalue weighted by Gasteiger charge is -2.39. The molecule has 2 aliphatic rings. The Kier molecular flexibility index (Phi) is 25.5. The van der Waals surface area contributed by atoms with Crippen molar-refractivity contribution < 1.29 is 24.0 Å². The number of urea groups is 1. The van der Waals surface area contributed by atoms with Crippen LogP contribution in [0.3, 0.4) is 0 Å². The van der Waals surface area contributed by atoms with Crippen LogP contribution >= 0.6 is 23.5 Å². The van der Waals surface area contributed by atoms with Crippen LogP contribution in [0.15, 0.2) is 12.0 Å². The Morgan fingerprint density at radius 2 is 1.66 bits per heavy atom. The molecule has 1 aliphatic heterocycles. The van der Waals surface area contributed by atoms with Gasteiger partial charge in [-0.05, 0) is 81.9 Å². The molecule has 0 aromatic heterocycles. The fraction of sp³-hybridized carbons (Fsp3) is 0.765. The molecule has 272 valence electrons. The molecule has 1 saturated heterocycles. The predicted molar refractivity (Wildman–Crippen MR) is 199 cm³/mol. The van der Waals surface area contributed by atoms with Gasteiger partial charge in [-0.15, -0.1) is 0 Å². The number of likely N-dealkylation sites (N-methyl/N-ethyl adjacent to an activating group) is 1. The molecule has 1 aliphatic carbocycles. The first-order valence-electron chi connectivity index (χ1n) is 16.5. The van der Waals surface area contributed by atoms with E-state index in [0.29, 0.717) is 17.4 Å². The molecule has 2 rings (SSSR count). The zero-order valence-electron chi connectivity index (χ0n) is 30.4. The van der Waals surface area contributed by atoms with E-state index in [0.717, 1.165) is 70.6 Å². The quantitative estimate of drug-likeness (QED) is 0.101. The number of Topliss-reactive ketones (excluding diaryl/α,β-unsaturated/α-hetero) is 1. The number of carbonyl (C=O) groups excluding carboxylic acids is 5. The van der Waals surface area contributed by atoms with Crippen molar-refractivity contribution in [2.75, 3.05) is 26.1 Å². The molecule has 4 atom stereocenters. The normalized spacial score (nSPS) is 18.8. The third-order valence-electron chi connectivity index (χ3n) is 8.23. The SMILES string of the molecule is C=CSC(=N)CC1(NC(=O)NC(C=O)C(C)(C)C)CCCCC1.CCC(C)CC(NC(=O)C1CCCN1C)C(C)=O.CSC.NC=O. The number of amides is 4. The molecule has 4 amide bonds. The second-order valence-corrected chi connectivity index (χ2v) is 15.3. The van der Waals surface area contributed by atoms with E-state index < -0.39 is 6.04 Å². The number of nitrogens with two attached hydrogens (primary N) is 1. The Balaban J connectivity index is 0. The third kappa shape index (κ3) is 20.6. The summed E-state index contributed by atoms with van der Waals surface area (Å²) in [6.07, 6.45) is 14.3. The molecular weight excluding hydrogens is 637 g/mol. The zero-order valence-corrected chi connectivity index (χ0v) is 32.0. The van der Waals surface area contributed by atoms with Gasteiger partial charge in [0.25, 0.3) is 0 Å². The summed E-state index contributed by atoms with van der Waals surface area (Å²) in [7, 11) is 1.97. The van der Waals surface area contributed by atoms with Crippen LogP contribution in [0, 0.1) is 16.7 Å². The fourth-order valence-electron chi connectivity index (χ4n) is 5.30. The van der Waals surface area contributed by atoms with E-state index in [2.05, 4.69) is 47.0 Å². The molecule has 0 radical (unpaired) electrons. The van der Waals surface area contributed by atoms with Crippen LogP contribution in [0.1, 0.15) is 106 Å². The average Bonchev–Trinajstić information content (AvgIpc) is 3.42. The second kappa shape index (κ2) is 25.6. The largest absolute Gasteiger partial charge is 0.372 e. The van der Waals surface area contributed by atoms with Crippen LogP contribution in [-0.2, 0) is 19.2 Å². The van der Waals surface area contributed by atoms with Crippen molar-refractivity contribution in [3.05, 3.63) is 12.0 Å². The summed E-state index contributed by atoms with van der Waals surface area (Å²) in [5, 5.41) is 18.9. The van der Waals surface area contributed by atoms with E-state index >= 15 is 0 Å². The van der Waals surface area contributed by atoms with Crippen molar-refractivity contribution >= 4 is 59.0 Å². The van der Waals surface area contributed by atoms with E-state index in [1.807, 2.05) is 40.3 Å². The predicted octanol–water partition coefficient (Wildman–Crippen LogP) is 5.52. The third-order valence-corrected chi connectivity index (χ3v) is 8.83. The standard InChI is InChI=1S/C17H29N3O2S.C14H26N2O2.C2H6S.CH3NO/c1-5-23-14(18)11-17(9-7-6-8-10-17)20-15(22)19-13(12-21)16(2,3)4;1-5-10(2)9-12(11(3)17)15-14(18)13-7-6-8-16(13)4;1-3-2;2-1-3/h5,12-13,18H,1,6-11H2,2-4H3,(H2,19,20,22);10,12-13H,5-9H2,1-4H3,(H,15,18);1-2H3;1H,(H2,2,3). The van der Waals surface area contributed by atoms with Crippen LogP contribution in [0.4, 0.5) is 4.79 Å². The van der Waals surface area contributed by atoms with Gasteiger partial charge in [0.1, 0.15) is 6.29 Å². The maximum Gasteiger partial charge on any atom is 0.315 e. The van der Waals surface area contributed by atoms with Gasteiger partial charge in [0.05, 0.1) is 23.2 Å². The summed E-state index contributed by atoms with van der Waals surface area (Å²) >= 11 is 3.04. The first-order valence-corrected chi connectivity index (χ1v) is 19.0. The van der Waals surface area contributed by atoms with E-state index in [9.17, 15) is 19.2 Å². The molecule has 1 heterocycles. The first kappa shape index (κ1) is 46.7. The number of hydrogen-bond acceptors (Lipinski definition) is 9. The van der Waals surface area contributed by atoms with Crippen LogP contribution in [0.25, 0.3) is 0 Å². The number of nitrogens with one attached hydrogen (secondary N) is 4. The molecule has 0 aromatic rings. The lowest BCUT2D eigenvalue weighted by Crippen LogP contribution is -2.57. The maximum absolute atomic E-state index is 12.4. The minimum Gasteiger partial charge on any atom is -0.372 e. The maximum atomic E-state index is 12.4. The highest BCUT2D eigenvalue weighted by Gasteiger charge is 2.36. The Hall–Kier alpha value is -2.38. The highest BCUT2D eigenvalue weighted by atomic mass is 32.2. The molecule has 1 saturated carbocycles. The summed E-state index contributed by atoms with van der Waals surface area (Å²) < 4.78 is 0. The monoisotopic (exact) mass is 700 g/mol. The summed E-state index contributed by atoms with van der Waals surface area (Å²) in [4.78, 5) is 58.0. The topological polar surface area (TPSA) is 175 Å². The highest BCUT2D eigenvalue weighted by molar-refractivity contribution is 8.16. The lowest BCUT2D eigenvalue weighted by molar-refractivity contribution is -0.129. The van der Waals surface area contributed by atoms with Gasteiger partial charge in [-0.1, -0.05) is 78.6 Å². The summed E-state index contributed by atoms with van der Waals surface area (Å²) in [6, 6.07) is -1.23. The van der Waals surface area contributed by atoms with Crippen molar-refractivity contribution in [3.63, 3.8) is 0 Å². The van der Waals surface area contributed by atoms with Gasteiger partial charge < -0.3 is 26.5 Å². The number of hydrogen-bond donors (Lipinski definition) is 5. The fourth-order valence-corrected chi connectivity index (χ4v) is 5.86. The number of ketones is 1. The van der Waals surface area contributed by atoms with Crippen molar-refractivity contribution in [2.45, 2.75) is 129 Å². The number of thioether (sulfide) groups is 2. The molecule has 4 unspecified atom stereocenters. The van der Waals surface area contributed by atoms with Crippen molar-refractivity contribution in [3.8, 4) is 0 Å². The number of rotatable bonds is 12. The van der Waals surface area contributed by atoms with Gasteiger partial charge in [-0.3, -0.25) is 24.7 Å². The molecule has 0 bridgehead atoms. The molecule has 6 N–H and O–H groups in total. The van der Waals surface area contributed by atoms with Crippen molar-refractivity contribution in [1.82, 2.24) is 20.9 Å². The Morgan fingerprint density at radius 3 is 2.06 bits per heavy atom. The second-order valence-electron chi connectivity index (χ2n) is 13.4. The molecule has 0 aromatic carbocycles. The number of likely N-dealkylation sites (tertiary alicyclic amines) is 1. The number of carbonyl (C=O) groups is 5. The van der Waals surface area contributed by atoms with Crippen LogP contribution in [-0.4, -0.2) is 90.1 Å². The average molecular weight is 701 g/mol. The number of aldehydes is 1. The van der Waals surface area contributed by atoms with Gasteiger partial charge in [-0.2, -0.15) is 11.8 Å². The minimum absolute atomic E-state index is 0.0125. The van der Waals surface area contributed by atoms with E-state index in [4.69, 9.17) is 10.2 Å². The Bertz CT molecular complexity index is 969. The summed E-state index contributed by atoms with van der Waals surface area (Å²) in [5.41, 5.74) is 3.45. The Morgan fingerprint density at radius 1 is 1.11 bits per heavy atom. The van der Waals surface area contributed by atoms with Crippen LogP contribution in [0.5, 0.6) is 0 Å². The van der Waals surface area contributed by atoms with Gasteiger partial charge in [0.15, 0.2) is 5.78 Å². The minimum atomic E-state index is -0.537. The van der Waals surface area contributed by atoms with E-state index in [1.54, 1.807) is 24.1 Å². The summed E-state index contributed by atoms with van der Waals surface area (Å²) in [6.45, 7) is 16.1. The number of nitrogens with zero attached hydrogens (tertiary/aromatic N) is 1. The lowest BCUT2D eigenvalue weighted by atomic mass is 9.79. The molecule has 0 spiro atoms. The van der Waals surface area contributed by atoms with Gasteiger partial charge in [0.2, 0.25) is 12.3 Å². The molecule has 11 nitrogen and oxygen atoms in total. The molecular formula is C34H64N6O5S2. The molecule has 47 heavy (non-hydrogen) atoms. The van der Waals surface area contributed by atoms with Gasteiger partial charge in [0, 0.05) is 12.0 Å². The van der Waals surface area contributed by atoms with Crippen LogP contribution in [0.2, 0.25) is 0 Å². The van der Waals surface area contributed by atoms with Gasteiger partial charge >= 0.3 is 6.03 Å². The first-order chi connectivity index (χ1) is 22.0. The van der Waals surface area contributed by atoms with Gasteiger partial charge in [-0.25, -0.2) is 4.79 Å². The smallest absolute Gasteiger partial charge is 0.315 e. The van der Waals surface area contributed by atoms with Crippen molar-refractivity contribution in [1.29, 1.82) is 5.41 Å². The van der Waals surface area contributed by atoms with Crippen molar-refractivity contribution in [2.24, 2.45) is 17.1 Å². The number of primary amides is 1. The van der Waals surface area contributed by atoms with Crippen LogP contribution < -0.4 is 21.7 Å². The van der Waals surface area contributed by atoms with E-state index in [1.165, 1.54) is 11.8 Å².